The van der Waals surface area contributed by atoms with Crippen molar-refractivity contribution in [2.75, 3.05) is 0 Å². The summed E-state index contributed by atoms with van der Waals surface area (Å²) >= 11 is 0. The fraction of sp³-hybridized carbons (Fsp3) is 0.250. The molecule has 0 radical (unpaired) electrons. The second-order valence-corrected chi connectivity index (χ2v) is 3.33. The first-order valence-electron chi connectivity index (χ1n) is 4.84. The molecule has 0 amide bonds. The molecule has 0 aliphatic carbocycles. The second-order valence-electron chi connectivity index (χ2n) is 3.33. The zero-order chi connectivity index (χ0) is 10.7. The molecule has 2 aromatic heterocycles. The maximum atomic E-state index is 9.19. The Balaban J connectivity index is 2.51. The van der Waals surface area contributed by atoms with Gasteiger partial charge in [0.25, 0.3) is 0 Å². The topological polar surface area (TPSA) is 38.0 Å². The third-order valence-electron chi connectivity index (χ3n) is 2.38. The summed E-state index contributed by atoms with van der Waals surface area (Å²) in [6.45, 7) is 0.773. The highest BCUT2D eigenvalue weighted by Gasteiger charge is 2.07. The number of terminal acetylenes is 1. The first-order valence-corrected chi connectivity index (χ1v) is 4.84. The van der Waals surface area contributed by atoms with Gasteiger partial charge < -0.3 is 9.67 Å². The molecular weight excluding hydrogens is 188 g/mol. The summed E-state index contributed by atoms with van der Waals surface area (Å²) in [6, 6.07) is 3.83. The van der Waals surface area contributed by atoms with Crippen LogP contribution >= 0.6 is 0 Å². The van der Waals surface area contributed by atoms with Crippen molar-refractivity contribution in [3.8, 4) is 12.3 Å². The molecule has 76 valence electrons. The lowest BCUT2D eigenvalue weighted by Gasteiger charge is -1.99. The molecule has 0 aromatic carbocycles. The van der Waals surface area contributed by atoms with Crippen LogP contribution in [0.1, 0.15) is 12.0 Å². The number of rotatable bonds is 3. The van der Waals surface area contributed by atoms with Gasteiger partial charge in [0.05, 0.1) is 6.61 Å². The van der Waals surface area contributed by atoms with Gasteiger partial charge in [0, 0.05) is 36.3 Å². The minimum atomic E-state index is 0.0330. The Hall–Kier alpha value is -1.79. The molecule has 1 N–H and O–H groups in total. The quantitative estimate of drug-likeness (QED) is 0.763. The van der Waals surface area contributed by atoms with Crippen LogP contribution < -0.4 is 0 Å². The van der Waals surface area contributed by atoms with E-state index in [4.69, 9.17) is 6.42 Å². The fourth-order valence-corrected chi connectivity index (χ4v) is 1.68. The molecule has 2 heterocycles. The van der Waals surface area contributed by atoms with E-state index in [1.54, 1.807) is 6.20 Å². The minimum Gasteiger partial charge on any atom is -0.392 e. The number of nitrogens with zero attached hydrogens (tertiary/aromatic N) is 2. The number of hydrogen-bond donors (Lipinski definition) is 1. The molecule has 15 heavy (non-hydrogen) atoms. The van der Waals surface area contributed by atoms with Gasteiger partial charge in [0.1, 0.15) is 5.65 Å². The molecule has 0 saturated heterocycles. The molecule has 3 nitrogen and oxygen atoms in total. The molecule has 0 bridgehead atoms. The van der Waals surface area contributed by atoms with Crippen molar-refractivity contribution in [3.63, 3.8) is 0 Å². The maximum absolute atomic E-state index is 9.19. The van der Waals surface area contributed by atoms with Crippen LogP contribution in [-0.2, 0) is 13.2 Å². The van der Waals surface area contributed by atoms with Crippen LogP contribution in [0.3, 0.4) is 0 Å². The molecule has 0 saturated carbocycles. The molecular formula is C12H12N2O. The smallest absolute Gasteiger partial charge is 0.140 e. The van der Waals surface area contributed by atoms with Gasteiger partial charge in [-0.25, -0.2) is 4.98 Å². The molecule has 0 unspecified atom stereocenters. The zero-order valence-electron chi connectivity index (χ0n) is 8.35. The highest BCUT2D eigenvalue weighted by Crippen LogP contribution is 2.19. The van der Waals surface area contributed by atoms with Crippen molar-refractivity contribution in [1.29, 1.82) is 0 Å². The number of aliphatic hydroxyl groups is 1. The Kier molecular flexibility index (Phi) is 2.70. The highest BCUT2D eigenvalue weighted by molar-refractivity contribution is 5.80. The molecule has 0 atom stereocenters. The van der Waals surface area contributed by atoms with Crippen LogP contribution in [-0.4, -0.2) is 14.7 Å². The third-order valence-corrected chi connectivity index (χ3v) is 2.38. The predicted molar refractivity (Wildman–Crippen MR) is 59.1 cm³/mol. The summed E-state index contributed by atoms with van der Waals surface area (Å²) in [5.74, 6) is 2.60. The number of fused-ring (bicyclic) bond motifs is 1. The largest absolute Gasteiger partial charge is 0.392 e. The highest BCUT2D eigenvalue weighted by atomic mass is 16.3. The van der Waals surface area contributed by atoms with Crippen molar-refractivity contribution in [1.82, 2.24) is 9.55 Å². The zero-order valence-corrected chi connectivity index (χ0v) is 8.35. The van der Waals surface area contributed by atoms with Crippen molar-refractivity contribution >= 4 is 11.0 Å². The van der Waals surface area contributed by atoms with E-state index in [-0.39, 0.29) is 6.61 Å². The van der Waals surface area contributed by atoms with E-state index in [9.17, 15) is 5.11 Å². The molecule has 2 rings (SSSR count). The van der Waals surface area contributed by atoms with Crippen molar-refractivity contribution < 1.29 is 5.11 Å². The Morgan fingerprint density at radius 2 is 2.40 bits per heavy atom. The Bertz CT molecular complexity index is 508. The van der Waals surface area contributed by atoms with E-state index in [1.807, 2.05) is 22.9 Å². The van der Waals surface area contributed by atoms with Crippen LogP contribution in [0.2, 0.25) is 0 Å². The lowest BCUT2D eigenvalue weighted by molar-refractivity contribution is 0.283. The third kappa shape index (κ3) is 1.72. The number of aryl methyl sites for hydroxylation is 1. The van der Waals surface area contributed by atoms with Gasteiger partial charge in [-0.05, 0) is 12.1 Å². The standard InChI is InChI=1S/C12H12N2O/c1-2-3-7-14-8-10(9-15)11-5-4-6-13-12(11)14/h1,4-6,8,15H,3,7,9H2. The van der Waals surface area contributed by atoms with Crippen molar-refractivity contribution in [2.45, 2.75) is 19.6 Å². The number of aromatic nitrogens is 2. The summed E-state index contributed by atoms with van der Waals surface area (Å²) in [7, 11) is 0. The van der Waals surface area contributed by atoms with Gasteiger partial charge in [-0.2, -0.15) is 0 Å². The van der Waals surface area contributed by atoms with Crippen LogP contribution in [0.15, 0.2) is 24.5 Å². The summed E-state index contributed by atoms with van der Waals surface area (Å²) in [5.41, 5.74) is 1.78. The molecule has 0 fully saturated rings. The lowest BCUT2D eigenvalue weighted by atomic mass is 10.2. The van der Waals surface area contributed by atoms with E-state index < -0.39 is 0 Å². The van der Waals surface area contributed by atoms with E-state index in [2.05, 4.69) is 10.9 Å². The Morgan fingerprint density at radius 3 is 3.13 bits per heavy atom. The summed E-state index contributed by atoms with van der Waals surface area (Å²) in [6.07, 6.45) is 9.56. The second kappa shape index (κ2) is 4.16. The van der Waals surface area contributed by atoms with Gasteiger partial charge in [-0.1, -0.05) is 0 Å². The van der Waals surface area contributed by atoms with E-state index >= 15 is 0 Å². The molecule has 3 heteroatoms. The van der Waals surface area contributed by atoms with Gasteiger partial charge in [-0.3, -0.25) is 0 Å². The van der Waals surface area contributed by atoms with Gasteiger partial charge in [-0.15, -0.1) is 12.3 Å². The van der Waals surface area contributed by atoms with Crippen LogP contribution in [0, 0.1) is 12.3 Å². The minimum absolute atomic E-state index is 0.0330. The van der Waals surface area contributed by atoms with Gasteiger partial charge >= 0.3 is 0 Å². The first-order chi connectivity index (χ1) is 7.36. The van der Waals surface area contributed by atoms with Crippen LogP contribution in [0.25, 0.3) is 11.0 Å². The summed E-state index contributed by atoms with van der Waals surface area (Å²) < 4.78 is 1.99. The lowest BCUT2D eigenvalue weighted by Crippen LogP contribution is -1.95. The molecule has 0 aliphatic heterocycles. The van der Waals surface area contributed by atoms with Crippen LogP contribution in [0.5, 0.6) is 0 Å². The summed E-state index contributed by atoms with van der Waals surface area (Å²) in [4.78, 5) is 4.29. The molecule has 2 aromatic rings. The average molecular weight is 200 g/mol. The van der Waals surface area contributed by atoms with Gasteiger partial charge in [0.2, 0.25) is 0 Å². The van der Waals surface area contributed by atoms with E-state index in [0.29, 0.717) is 6.42 Å². The number of aliphatic hydroxyl groups excluding tert-OH is 1. The normalized spacial score (nSPS) is 10.4. The average Bonchev–Trinajstić information content (AvgIpc) is 2.65. The number of pyridine rings is 1. The predicted octanol–water partition coefficient (Wildman–Crippen LogP) is 1.55. The first kappa shape index (κ1) is 9.75. The molecule has 0 aliphatic rings. The Labute approximate surface area is 88.4 Å². The van der Waals surface area contributed by atoms with E-state index in [1.165, 1.54) is 0 Å². The van der Waals surface area contributed by atoms with E-state index in [0.717, 1.165) is 23.1 Å². The maximum Gasteiger partial charge on any atom is 0.140 e. The molecule has 0 spiro atoms. The number of hydrogen-bond acceptors (Lipinski definition) is 2. The van der Waals surface area contributed by atoms with Gasteiger partial charge in [0.15, 0.2) is 0 Å². The monoisotopic (exact) mass is 200 g/mol. The SMILES string of the molecule is C#CCCn1cc(CO)c2cccnc21. The summed E-state index contributed by atoms with van der Waals surface area (Å²) in [5, 5.41) is 10.2. The van der Waals surface area contributed by atoms with Crippen LogP contribution in [0.4, 0.5) is 0 Å². The van der Waals surface area contributed by atoms with Crippen molar-refractivity contribution in [3.05, 3.63) is 30.1 Å². The Morgan fingerprint density at radius 1 is 1.53 bits per heavy atom. The fourth-order valence-electron chi connectivity index (χ4n) is 1.68. The van der Waals surface area contributed by atoms with Crippen molar-refractivity contribution in [2.24, 2.45) is 0 Å².